The van der Waals surface area contributed by atoms with Gasteiger partial charge in [-0.25, -0.2) is 9.59 Å². The number of hydrogen-bond donors (Lipinski definition) is 5. The number of amides is 1. The van der Waals surface area contributed by atoms with Crippen molar-refractivity contribution in [2.24, 2.45) is 0 Å². The van der Waals surface area contributed by atoms with Crippen molar-refractivity contribution >= 4 is 48.2 Å². The third-order valence-electron chi connectivity index (χ3n) is 9.86. The number of aromatic hydroxyl groups is 1. The number of phenolic OH excluding ortho intramolecular Hbond substituents is 1. The molecule has 0 aliphatic heterocycles. The average Bonchev–Trinajstić information content (AvgIpc) is 3.41. The van der Waals surface area contributed by atoms with Crippen LogP contribution in [-0.4, -0.2) is 40.7 Å². The molecule has 2 aromatic heterocycles. The van der Waals surface area contributed by atoms with Gasteiger partial charge < -0.3 is 29.4 Å². The summed E-state index contributed by atoms with van der Waals surface area (Å²) < 4.78 is 14.0. The van der Waals surface area contributed by atoms with Crippen molar-refractivity contribution < 1.29 is 23.9 Å². The van der Waals surface area contributed by atoms with Crippen LogP contribution in [0.3, 0.4) is 0 Å². The molecule has 1 amide bonds. The summed E-state index contributed by atoms with van der Waals surface area (Å²) >= 11 is 0. The minimum atomic E-state index is -2.26. The Balaban J connectivity index is 1.21. The Morgan fingerprint density at radius 1 is 1.00 bits per heavy atom. The van der Waals surface area contributed by atoms with Crippen LogP contribution in [0.1, 0.15) is 43.6 Å². The standard InChI is InChI=1S/C41H44N4O7Si/c1-41(2,3)53(4,5)52-36(30-16-18-34(46)38-31(30)17-20-37(47)44-38)25-42-24-27-14-19-35-33(23-27)45(40(50)51-35)21-9-10-26-13-15-29(28-11-7-6-8-12-28)32(22-26)43-39(48)49/h6-20,22-23,36,42-43,46H,21,24-25H2,1-5H3,(H,44,47)(H,48,49)/b10-9+/t36-/m0/s1. The highest BCUT2D eigenvalue weighted by Gasteiger charge is 2.39. The van der Waals surface area contributed by atoms with Gasteiger partial charge in [0.1, 0.15) is 5.75 Å². The number of hydrogen-bond acceptors (Lipinski definition) is 7. The van der Waals surface area contributed by atoms with Crippen LogP contribution in [-0.2, 0) is 17.5 Å². The predicted octanol–water partition coefficient (Wildman–Crippen LogP) is 8.46. The molecule has 0 saturated heterocycles. The Morgan fingerprint density at radius 2 is 1.77 bits per heavy atom. The number of rotatable bonds is 12. The van der Waals surface area contributed by atoms with Crippen LogP contribution in [0.2, 0.25) is 18.1 Å². The van der Waals surface area contributed by atoms with Crippen molar-refractivity contribution in [1.82, 2.24) is 14.9 Å². The quantitative estimate of drug-likeness (QED) is 0.0784. The minimum absolute atomic E-state index is 0.00398. The van der Waals surface area contributed by atoms with Gasteiger partial charge in [0.15, 0.2) is 13.9 Å². The number of fused-ring (bicyclic) bond motifs is 2. The van der Waals surface area contributed by atoms with Gasteiger partial charge in [-0.2, -0.15) is 0 Å². The first-order valence-electron chi connectivity index (χ1n) is 17.4. The zero-order valence-electron chi connectivity index (χ0n) is 30.4. The van der Waals surface area contributed by atoms with Crippen molar-refractivity contribution in [3.63, 3.8) is 0 Å². The lowest BCUT2D eigenvalue weighted by Crippen LogP contribution is -2.43. The number of pyridine rings is 1. The molecule has 4 aromatic carbocycles. The molecule has 53 heavy (non-hydrogen) atoms. The number of aromatic amines is 1. The van der Waals surface area contributed by atoms with E-state index in [0.29, 0.717) is 40.8 Å². The van der Waals surface area contributed by atoms with Crippen LogP contribution in [0, 0.1) is 0 Å². The van der Waals surface area contributed by atoms with E-state index >= 15 is 0 Å². The molecule has 6 rings (SSSR count). The zero-order valence-corrected chi connectivity index (χ0v) is 31.4. The highest BCUT2D eigenvalue weighted by molar-refractivity contribution is 6.74. The predicted molar refractivity (Wildman–Crippen MR) is 212 cm³/mol. The third-order valence-corrected chi connectivity index (χ3v) is 14.3. The van der Waals surface area contributed by atoms with Crippen molar-refractivity contribution in [2.45, 2.75) is 58.1 Å². The van der Waals surface area contributed by atoms with E-state index in [1.807, 2.05) is 72.8 Å². The lowest BCUT2D eigenvalue weighted by atomic mass is 10.0. The van der Waals surface area contributed by atoms with Gasteiger partial charge >= 0.3 is 11.8 Å². The summed E-state index contributed by atoms with van der Waals surface area (Å²) in [6, 6.07) is 27.3. The SMILES string of the molecule is CC(C)(C)[Si](C)(C)O[C@@H](CNCc1ccc2oc(=O)n(C/C=C/c3ccc(-c4ccccc4)c(NC(=O)O)c3)c2c1)c1ccc(O)c2[nH]c(=O)ccc12. The molecule has 11 nitrogen and oxygen atoms in total. The van der Waals surface area contributed by atoms with E-state index in [-0.39, 0.29) is 29.0 Å². The fourth-order valence-electron chi connectivity index (χ4n) is 6.07. The summed E-state index contributed by atoms with van der Waals surface area (Å²) in [7, 11) is -2.26. The van der Waals surface area contributed by atoms with Gasteiger partial charge in [0.05, 0.1) is 22.8 Å². The molecular weight excluding hydrogens is 689 g/mol. The molecule has 0 bridgehead atoms. The number of allylic oxidation sites excluding steroid dienone is 1. The van der Waals surface area contributed by atoms with Crippen LogP contribution >= 0.6 is 0 Å². The van der Waals surface area contributed by atoms with Gasteiger partial charge in [0.25, 0.3) is 0 Å². The first-order valence-corrected chi connectivity index (χ1v) is 20.3. The maximum Gasteiger partial charge on any atom is 0.420 e. The molecule has 0 radical (unpaired) electrons. The maximum atomic E-state index is 12.9. The maximum absolute atomic E-state index is 12.9. The van der Waals surface area contributed by atoms with Crippen molar-refractivity contribution in [1.29, 1.82) is 0 Å². The Kier molecular flexibility index (Phi) is 10.6. The normalized spacial score (nSPS) is 12.8. The van der Waals surface area contributed by atoms with E-state index in [2.05, 4.69) is 49.5 Å². The smallest absolute Gasteiger partial charge is 0.420 e. The summed E-state index contributed by atoms with van der Waals surface area (Å²) in [4.78, 5) is 39.3. The van der Waals surface area contributed by atoms with Gasteiger partial charge in [-0.3, -0.25) is 14.7 Å². The monoisotopic (exact) mass is 732 g/mol. The Hall–Kier alpha value is -5.69. The van der Waals surface area contributed by atoms with Crippen LogP contribution < -0.4 is 21.9 Å². The number of aromatic nitrogens is 2. The van der Waals surface area contributed by atoms with Gasteiger partial charge in [-0.05, 0) is 70.7 Å². The van der Waals surface area contributed by atoms with E-state index in [1.54, 1.807) is 28.8 Å². The molecule has 0 aliphatic rings. The molecule has 0 fully saturated rings. The molecule has 274 valence electrons. The molecule has 0 saturated carbocycles. The van der Waals surface area contributed by atoms with Gasteiger partial charge in [0, 0.05) is 36.7 Å². The fraction of sp³-hybridized carbons (Fsp3) is 0.244. The molecule has 0 spiro atoms. The van der Waals surface area contributed by atoms with Crippen molar-refractivity contribution in [2.75, 3.05) is 11.9 Å². The van der Waals surface area contributed by atoms with Crippen LogP contribution in [0.4, 0.5) is 10.5 Å². The molecule has 1 atom stereocenters. The Labute approximate surface area is 307 Å². The van der Waals surface area contributed by atoms with E-state index in [0.717, 1.165) is 27.8 Å². The van der Waals surface area contributed by atoms with E-state index in [9.17, 15) is 24.6 Å². The summed E-state index contributed by atoms with van der Waals surface area (Å²) in [5.74, 6) is -0.488. The first-order chi connectivity index (χ1) is 25.2. The van der Waals surface area contributed by atoms with Crippen LogP contribution in [0.5, 0.6) is 5.75 Å². The number of carboxylic acid groups (broad SMARTS) is 1. The minimum Gasteiger partial charge on any atom is -0.506 e. The number of oxazole rings is 1. The van der Waals surface area contributed by atoms with Gasteiger partial charge in [-0.1, -0.05) is 87.5 Å². The molecule has 0 aliphatic carbocycles. The number of benzene rings is 4. The van der Waals surface area contributed by atoms with Gasteiger partial charge in [-0.15, -0.1) is 0 Å². The molecule has 12 heteroatoms. The number of nitrogens with one attached hydrogen (secondary N) is 3. The Bertz CT molecular complexity index is 2420. The average molecular weight is 733 g/mol. The molecule has 5 N–H and O–H groups in total. The van der Waals surface area contributed by atoms with Crippen LogP contribution in [0.15, 0.2) is 111 Å². The molecule has 2 heterocycles. The summed E-state index contributed by atoms with van der Waals surface area (Å²) in [6.45, 7) is 12.1. The number of nitrogens with zero attached hydrogens (tertiary/aromatic N) is 1. The van der Waals surface area contributed by atoms with E-state index in [1.165, 1.54) is 6.07 Å². The van der Waals surface area contributed by atoms with Gasteiger partial charge in [0.2, 0.25) is 5.56 Å². The van der Waals surface area contributed by atoms with Crippen LogP contribution in [0.25, 0.3) is 39.2 Å². The second kappa shape index (κ2) is 15.1. The highest BCUT2D eigenvalue weighted by atomic mass is 28.4. The number of H-pyrrole nitrogens is 1. The molecular formula is C41H44N4O7Si. The topological polar surface area (TPSA) is 159 Å². The molecule has 0 unspecified atom stereocenters. The largest absolute Gasteiger partial charge is 0.506 e. The lowest BCUT2D eigenvalue weighted by Gasteiger charge is -2.39. The van der Waals surface area contributed by atoms with E-state index < -0.39 is 20.2 Å². The highest BCUT2D eigenvalue weighted by Crippen LogP contribution is 2.41. The Morgan fingerprint density at radius 3 is 2.51 bits per heavy atom. The lowest BCUT2D eigenvalue weighted by molar-refractivity contribution is 0.181. The molecule has 6 aromatic rings. The van der Waals surface area contributed by atoms with Crippen molar-refractivity contribution in [3.05, 3.63) is 135 Å². The van der Waals surface area contributed by atoms with E-state index in [4.69, 9.17) is 8.84 Å². The number of anilines is 1. The third kappa shape index (κ3) is 8.36. The second-order valence-electron chi connectivity index (χ2n) is 14.6. The summed E-state index contributed by atoms with van der Waals surface area (Å²) in [5, 5.41) is 26.7. The fourth-order valence-corrected chi connectivity index (χ4v) is 7.35. The summed E-state index contributed by atoms with van der Waals surface area (Å²) in [6.07, 6.45) is 2.14. The number of phenols is 1. The first kappa shape index (κ1) is 37.1. The zero-order chi connectivity index (χ0) is 37.9. The summed E-state index contributed by atoms with van der Waals surface area (Å²) in [5.41, 5.74) is 5.85. The number of carbonyl (C=O) groups is 1. The second-order valence-corrected chi connectivity index (χ2v) is 19.3. The van der Waals surface area contributed by atoms with Crippen molar-refractivity contribution in [3.8, 4) is 16.9 Å².